The highest BCUT2D eigenvalue weighted by Gasteiger charge is 2.31. The number of nitrogens with two attached hydrogens (primary N) is 1. The smallest absolute Gasteiger partial charge is 0.252 e. The van der Waals surface area contributed by atoms with Gasteiger partial charge in [0.2, 0.25) is 0 Å². The van der Waals surface area contributed by atoms with Crippen molar-refractivity contribution in [2.45, 2.75) is 31.8 Å². The van der Waals surface area contributed by atoms with E-state index in [-0.39, 0.29) is 18.0 Å². The molecule has 2 unspecified atom stereocenters. The summed E-state index contributed by atoms with van der Waals surface area (Å²) in [5.74, 6) is -0.0374. The molecule has 0 aliphatic heterocycles. The lowest BCUT2D eigenvalue weighted by Gasteiger charge is -2.19. The summed E-state index contributed by atoms with van der Waals surface area (Å²) in [7, 11) is 0. The second kappa shape index (κ2) is 5.70. The van der Waals surface area contributed by atoms with Gasteiger partial charge in [-0.2, -0.15) is 0 Å². The van der Waals surface area contributed by atoms with E-state index in [4.69, 9.17) is 5.73 Å². The summed E-state index contributed by atoms with van der Waals surface area (Å²) >= 11 is 0. The number of fused-ring (bicyclic) bond motifs is 1. The minimum atomic E-state index is -0.0985. The topological polar surface area (TPSA) is 55.1 Å². The van der Waals surface area contributed by atoms with Gasteiger partial charge in [0.1, 0.15) is 0 Å². The molecule has 0 fully saturated rings. The first-order valence-electron chi connectivity index (χ1n) is 7.43. The monoisotopic (exact) mass is 280 g/mol. The first-order chi connectivity index (χ1) is 10.2. The number of rotatable bonds is 3. The summed E-state index contributed by atoms with van der Waals surface area (Å²) in [5.41, 5.74) is 10.4. The molecular formula is C18H20N2O. The Balaban J connectivity index is 1.85. The van der Waals surface area contributed by atoms with Gasteiger partial charge in [-0.1, -0.05) is 49.4 Å². The molecule has 2 aromatic carbocycles. The number of hydrogen-bond acceptors (Lipinski definition) is 2. The number of nitrogens with one attached hydrogen (secondary N) is 1. The minimum Gasteiger partial charge on any atom is -0.344 e. The molecule has 3 nitrogen and oxygen atoms in total. The number of benzene rings is 2. The van der Waals surface area contributed by atoms with Crippen LogP contribution < -0.4 is 11.1 Å². The Bertz CT molecular complexity index is 666. The number of aryl methyl sites for hydroxylation is 1. The third-order valence-electron chi connectivity index (χ3n) is 4.20. The van der Waals surface area contributed by atoms with Crippen LogP contribution in [0.4, 0.5) is 0 Å². The van der Waals surface area contributed by atoms with Crippen molar-refractivity contribution in [3.8, 4) is 0 Å². The molecule has 2 aromatic rings. The third kappa shape index (κ3) is 2.57. The predicted octanol–water partition coefficient (Wildman–Crippen LogP) is 2.60. The Kier molecular flexibility index (Phi) is 3.76. The first kappa shape index (κ1) is 13.8. The lowest BCUT2D eigenvalue weighted by molar-refractivity contribution is 0.0932. The molecule has 0 aromatic heterocycles. The van der Waals surface area contributed by atoms with E-state index in [1.54, 1.807) is 0 Å². The number of hydrogen-bond donors (Lipinski definition) is 2. The van der Waals surface area contributed by atoms with Crippen molar-refractivity contribution in [2.24, 2.45) is 5.73 Å². The molecule has 0 heterocycles. The quantitative estimate of drug-likeness (QED) is 0.908. The summed E-state index contributed by atoms with van der Waals surface area (Å²) in [6.45, 7) is 2.06. The van der Waals surface area contributed by atoms with Crippen molar-refractivity contribution >= 4 is 5.91 Å². The van der Waals surface area contributed by atoms with Crippen molar-refractivity contribution in [1.29, 1.82) is 0 Å². The van der Waals surface area contributed by atoms with E-state index < -0.39 is 0 Å². The zero-order valence-electron chi connectivity index (χ0n) is 12.2. The van der Waals surface area contributed by atoms with Crippen LogP contribution in [0.2, 0.25) is 0 Å². The van der Waals surface area contributed by atoms with Gasteiger partial charge in [-0.3, -0.25) is 4.79 Å². The largest absolute Gasteiger partial charge is 0.344 e. The van der Waals surface area contributed by atoms with Crippen molar-refractivity contribution < 1.29 is 4.79 Å². The van der Waals surface area contributed by atoms with Crippen LogP contribution in [-0.2, 0) is 12.8 Å². The van der Waals surface area contributed by atoms with Gasteiger partial charge in [0.15, 0.2) is 0 Å². The molecule has 0 saturated heterocycles. The summed E-state index contributed by atoms with van der Waals surface area (Å²) in [6, 6.07) is 15.7. The zero-order valence-corrected chi connectivity index (χ0v) is 12.2. The maximum absolute atomic E-state index is 12.6. The average molecular weight is 280 g/mol. The highest BCUT2D eigenvalue weighted by molar-refractivity contribution is 5.96. The van der Waals surface area contributed by atoms with E-state index in [0.29, 0.717) is 0 Å². The van der Waals surface area contributed by atoms with Crippen LogP contribution in [0.1, 0.15) is 40.0 Å². The number of carbonyl (C=O) groups excluding carboxylic acids is 1. The Labute approximate surface area is 125 Å². The van der Waals surface area contributed by atoms with E-state index in [1.807, 2.05) is 36.4 Å². The molecule has 1 aliphatic carbocycles. The van der Waals surface area contributed by atoms with Gasteiger partial charge in [-0.05, 0) is 35.6 Å². The van der Waals surface area contributed by atoms with Crippen LogP contribution >= 0.6 is 0 Å². The molecule has 3 heteroatoms. The van der Waals surface area contributed by atoms with Gasteiger partial charge >= 0.3 is 0 Å². The van der Waals surface area contributed by atoms with Crippen LogP contribution in [0.25, 0.3) is 0 Å². The van der Waals surface area contributed by atoms with Crippen molar-refractivity contribution in [3.05, 3.63) is 70.8 Å². The molecule has 1 aliphatic rings. The highest BCUT2D eigenvalue weighted by atomic mass is 16.1. The molecule has 0 bridgehead atoms. The standard InChI is InChI=1S/C18H20N2O/c1-2-12-7-3-6-10-15(12)18(21)20-17-14-9-5-4-8-13(14)11-16(17)19/h3-10,16-17H,2,11,19H2,1H3,(H,20,21). The molecule has 1 amide bonds. The molecule has 108 valence electrons. The molecule has 3 N–H and O–H groups in total. The van der Waals surface area contributed by atoms with Gasteiger partial charge in [0.25, 0.3) is 5.91 Å². The summed E-state index contributed by atoms with van der Waals surface area (Å²) < 4.78 is 0. The zero-order chi connectivity index (χ0) is 14.8. The summed E-state index contributed by atoms with van der Waals surface area (Å²) in [6.07, 6.45) is 1.66. The maximum Gasteiger partial charge on any atom is 0.252 e. The van der Waals surface area contributed by atoms with Gasteiger partial charge < -0.3 is 11.1 Å². The summed E-state index contributed by atoms with van der Waals surface area (Å²) in [4.78, 5) is 12.6. The van der Waals surface area contributed by atoms with Crippen LogP contribution in [0, 0.1) is 0 Å². The molecule has 3 rings (SSSR count). The van der Waals surface area contributed by atoms with E-state index in [9.17, 15) is 4.79 Å². The fourth-order valence-corrected chi connectivity index (χ4v) is 3.08. The van der Waals surface area contributed by atoms with Crippen LogP contribution in [0.15, 0.2) is 48.5 Å². The lowest BCUT2D eigenvalue weighted by Crippen LogP contribution is -2.38. The highest BCUT2D eigenvalue weighted by Crippen LogP contribution is 2.30. The fourth-order valence-electron chi connectivity index (χ4n) is 3.08. The SMILES string of the molecule is CCc1ccccc1C(=O)NC1c2ccccc2CC1N. The number of amides is 1. The molecule has 0 radical (unpaired) electrons. The number of carbonyl (C=O) groups is 1. The Morgan fingerprint density at radius 1 is 1.19 bits per heavy atom. The van der Waals surface area contributed by atoms with Crippen molar-refractivity contribution in [1.82, 2.24) is 5.32 Å². The molecular weight excluding hydrogens is 260 g/mol. The second-order valence-electron chi connectivity index (χ2n) is 5.53. The molecule has 0 spiro atoms. The fraction of sp³-hybridized carbons (Fsp3) is 0.278. The van der Waals surface area contributed by atoms with Crippen LogP contribution in [0.5, 0.6) is 0 Å². The van der Waals surface area contributed by atoms with Crippen molar-refractivity contribution in [3.63, 3.8) is 0 Å². The van der Waals surface area contributed by atoms with Crippen molar-refractivity contribution in [2.75, 3.05) is 0 Å². The van der Waals surface area contributed by atoms with E-state index in [2.05, 4.69) is 24.4 Å². The minimum absolute atomic E-state index is 0.0374. The Morgan fingerprint density at radius 3 is 2.71 bits per heavy atom. The van der Waals surface area contributed by atoms with Gasteiger partial charge in [-0.15, -0.1) is 0 Å². The van der Waals surface area contributed by atoms with Crippen LogP contribution in [-0.4, -0.2) is 11.9 Å². The van der Waals surface area contributed by atoms with Gasteiger partial charge in [0, 0.05) is 11.6 Å². The second-order valence-corrected chi connectivity index (χ2v) is 5.53. The van der Waals surface area contributed by atoms with Gasteiger partial charge in [-0.25, -0.2) is 0 Å². The van der Waals surface area contributed by atoms with E-state index in [0.717, 1.165) is 29.5 Å². The maximum atomic E-state index is 12.6. The Hall–Kier alpha value is -2.13. The third-order valence-corrected chi connectivity index (χ3v) is 4.20. The normalized spacial score (nSPS) is 20.1. The molecule has 21 heavy (non-hydrogen) atoms. The summed E-state index contributed by atoms with van der Waals surface area (Å²) in [5, 5.41) is 3.11. The van der Waals surface area contributed by atoms with E-state index in [1.165, 1.54) is 5.56 Å². The lowest BCUT2D eigenvalue weighted by atomic mass is 10.0. The first-order valence-corrected chi connectivity index (χ1v) is 7.43. The molecule has 0 saturated carbocycles. The Morgan fingerprint density at radius 2 is 1.90 bits per heavy atom. The molecule has 2 atom stereocenters. The van der Waals surface area contributed by atoms with Gasteiger partial charge in [0.05, 0.1) is 6.04 Å². The predicted molar refractivity (Wildman–Crippen MR) is 84.1 cm³/mol. The van der Waals surface area contributed by atoms with E-state index >= 15 is 0 Å². The average Bonchev–Trinajstić information content (AvgIpc) is 2.83. The van der Waals surface area contributed by atoms with Crippen LogP contribution in [0.3, 0.4) is 0 Å².